The first-order chi connectivity index (χ1) is 72.6. The molecule has 31 rings (SSSR count). The molecule has 5 aliphatic heterocycles. The second-order valence-electron chi connectivity index (χ2n) is 43.6. The van der Waals surface area contributed by atoms with Crippen molar-refractivity contribution in [3.05, 3.63) is 289 Å². The van der Waals surface area contributed by atoms with Gasteiger partial charge in [0.05, 0.1) is 103 Å². The fourth-order valence-electron chi connectivity index (χ4n) is 23.8. The van der Waals surface area contributed by atoms with Crippen LogP contribution in [0.3, 0.4) is 0 Å². The fraction of sp³-hybridized carbons (Fsp3) is 0.331. The molecule has 0 radical (unpaired) electrons. The molecule has 13 aliphatic rings. The first kappa shape index (κ1) is 91.9. The van der Waals surface area contributed by atoms with E-state index in [1.54, 1.807) is 5.57 Å². The lowest BCUT2D eigenvalue weighted by atomic mass is 9.88. The first-order valence-corrected chi connectivity index (χ1v) is 53.6. The van der Waals surface area contributed by atoms with E-state index in [1.165, 1.54) is 175 Å². The van der Waals surface area contributed by atoms with Crippen molar-refractivity contribution in [1.82, 2.24) is 86.3 Å². The van der Waals surface area contributed by atoms with Crippen molar-refractivity contribution in [2.24, 2.45) is 32.7 Å². The van der Waals surface area contributed by atoms with Crippen molar-refractivity contribution in [2.45, 2.75) is 222 Å². The van der Waals surface area contributed by atoms with Crippen LogP contribution < -0.4 is 10.6 Å². The van der Waals surface area contributed by atoms with Gasteiger partial charge in [-0.3, -0.25) is 15.0 Å². The van der Waals surface area contributed by atoms with Gasteiger partial charge in [0.15, 0.2) is 0 Å². The summed E-state index contributed by atoms with van der Waals surface area (Å²) in [4.78, 5) is 58.1. The van der Waals surface area contributed by atoms with Gasteiger partial charge in [0.1, 0.15) is 57.9 Å². The summed E-state index contributed by atoms with van der Waals surface area (Å²) < 4.78 is 27.4. The van der Waals surface area contributed by atoms with E-state index < -0.39 is 0 Å². The van der Waals surface area contributed by atoms with Crippen molar-refractivity contribution in [3.63, 3.8) is 0 Å². The number of imidazole rings is 5. The summed E-state index contributed by atoms with van der Waals surface area (Å²) in [5.74, 6) is 14.8. The number of H-pyrrole nitrogens is 5. The molecule has 0 spiro atoms. The lowest BCUT2D eigenvalue weighted by Gasteiger charge is -2.23. The summed E-state index contributed by atoms with van der Waals surface area (Å²) in [7, 11) is 0. The molecule has 0 atom stereocenters. The van der Waals surface area contributed by atoms with Crippen LogP contribution >= 0.6 is 0 Å². The highest BCUT2D eigenvalue weighted by molar-refractivity contribution is 6.34. The van der Waals surface area contributed by atoms with Gasteiger partial charge in [-0.2, -0.15) is 0 Å². The predicted octanol–water partition coefficient (Wildman–Crippen LogP) is 28.6. The normalized spacial score (nSPS) is 17.8. The Bertz CT molecular complexity index is 8790. The zero-order valence-corrected chi connectivity index (χ0v) is 86.5. The van der Waals surface area contributed by atoms with Gasteiger partial charge in [0.2, 0.25) is 0 Å². The van der Waals surface area contributed by atoms with Crippen LogP contribution in [0.2, 0.25) is 0 Å². The van der Waals surface area contributed by atoms with Crippen LogP contribution in [0.25, 0.3) is 173 Å². The Balaban J connectivity index is 0.0000000918. The standard InChI is InChI=1S/C26H24N4O.C25H26N4O.C25H24N4O.C25H22N4O.C23H24N4O/c1-14-24(21(13-27-14)17-7-5-4-6-8-17)20-11-19(23-15(2)30-31-16(23)3)12-22-25(20)29-26(28-22)18-9-10-18;1-12-21(13(2)30-29-12)17-9-18(24-20(10-17)27-25(28-24)16-7-8-16)22-19(14-3-4-14)11-26-23(22)15-5-6-15;2*1-13-18-5-4-6-19(20(18)9-10-26-13)21-11-17(23-14(2)29-30-15(23)3)12-22-24(21)28-25(27-22)16-7-8-16;1-11-21(18(10-24-11)14-4-5-14)17-8-16(20-12(2)27-28-13(20)3)9-19-22(17)26-23(25-19)15-6-7-15/h4-8,11-12,18H,9-10,13H2,1-3H3,(H,28,29);9-10,14-16H,3-8,11H2,1-2H3,(H,27,28);4-6,11-12,16,26H,1,7-10H2,2-3H3,(H,27,28);4-6,9-12,16,26H,1,7-8H2,2-3H3,(H,27,28);8-9,14-15H,4-7,10H2,1-3H3,(H,25,26). The van der Waals surface area contributed by atoms with E-state index in [1.807, 2.05) is 75.4 Å². The maximum atomic E-state index is 5.51. The zero-order valence-electron chi connectivity index (χ0n) is 86.5. The summed E-state index contributed by atoms with van der Waals surface area (Å²) in [6.45, 7) is 35.9. The molecule has 149 heavy (non-hydrogen) atoms. The number of allylic oxidation sites excluding steroid dienone is 3. The molecule has 746 valence electrons. The lowest BCUT2D eigenvalue weighted by molar-refractivity contribution is 0.393. The van der Waals surface area contributed by atoms with Crippen LogP contribution in [0, 0.1) is 87.0 Å². The number of nitrogens with zero attached hydrogens (tertiary/aromatic N) is 13. The molecule has 0 saturated heterocycles. The van der Waals surface area contributed by atoms with Gasteiger partial charge in [-0.1, -0.05) is 106 Å². The van der Waals surface area contributed by atoms with Crippen LogP contribution in [0.5, 0.6) is 0 Å². The van der Waals surface area contributed by atoms with Gasteiger partial charge < -0.3 is 58.2 Å². The van der Waals surface area contributed by atoms with Crippen LogP contribution in [0.4, 0.5) is 0 Å². The number of aromatic amines is 5. The molecule has 7 N–H and O–H groups in total. The molecule has 8 saturated carbocycles. The predicted molar refractivity (Wildman–Crippen MR) is 592 cm³/mol. The Kier molecular flexibility index (Phi) is 22.2. The maximum Gasteiger partial charge on any atom is 0.141 e. The largest absolute Gasteiger partial charge is 0.385 e. The fourth-order valence-corrected chi connectivity index (χ4v) is 23.8. The Morgan fingerprint density at radius 2 is 0.631 bits per heavy atom. The SMILES string of the molecule is C=C1NC=Cc2c1cccc2-c1cc(-c2c(C)noc2C)cc2[nH]c(C3CC3)nc12.C=C1NCCc2c1cccc2-c1cc(-c2c(C)noc2C)cc2[nH]c(C3CC3)nc12.CC1=NCC(C2CC2)=C1c1cc(-c2c(C)noc2C)cc2[nH]c(C3CC3)nc12.CC1=NCC(c2ccccc2)=C1c1cc(-c2c(C)noc2C)cc2[nH]c(C3CC3)nc12.Cc1noc(C)c1-c1cc(C2=C(C3CC3)CN=C2C2CC2)c2nc(C3CC3)[nH]c2c1. The number of rotatable bonds is 19. The van der Waals surface area contributed by atoms with Crippen LogP contribution in [-0.2, 0) is 6.42 Å². The van der Waals surface area contributed by atoms with E-state index in [2.05, 4.69) is 222 Å². The molecule has 0 unspecified atom stereocenters. The van der Waals surface area contributed by atoms with Crippen molar-refractivity contribution in [1.29, 1.82) is 0 Å². The van der Waals surface area contributed by atoms with Gasteiger partial charge in [-0.05, 0) is 343 Å². The summed E-state index contributed by atoms with van der Waals surface area (Å²) in [5.41, 5.74) is 54.4. The summed E-state index contributed by atoms with van der Waals surface area (Å²) in [5, 5.41) is 27.5. The molecule has 15 heterocycles. The zero-order chi connectivity index (χ0) is 101. The minimum absolute atomic E-state index is 0.557. The molecule has 8 aliphatic carbocycles. The quantitative estimate of drug-likeness (QED) is 0.0395. The third-order valence-electron chi connectivity index (χ3n) is 32.5. The number of aromatic nitrogens is 15. The van der Waals surface area contributed by atoms with Gasteiger partial charge in [-0.25, -0.2) is 24.9 Å². The molecule has 8 aromatic carbocycles. The van der Waals surface area contributed by atoms with E-state index in [4.69, 9.17) is 62.5 Å². The van der Waals surface area contributed by atoms with Gasteiger partial charge in [0.25, 0.3) is 0 Å². The lowest BCUT2D eigenvalue weighted by Crippen LogP contribution is -2.22. The number of aliphatic imine (C=N–C) groups is 3. The molecule has 25 nitrogen and oxygen atoms in total. The average Bonchev–Trinajstić information content (AvgIpc) is 1.58. The molecule has 0 bridgehead atoms. The molecule has 10 aromatic heterocycles. The number of hydrogen-bond acceptors (Lipinski definition) is 20. The second kappa shape index (κ2) is 36.1. The Hall–Kier alpha value is -15.8. The average molecular weight is 1970 g/mol. The smallest absolute Gasteiger partial charge is 0.141 e. The number of benzene rings is 8. The minimum Gasteiger partial charge on any atom is -0.385 e. The monoisotopic (exact) mass is 1970 g/mol. The highest BCUT2D eigenvalue weighted by Gasteiger charge is 2.43. The minimum atomic E-state index is 0.557. The summed E-state index contributed by atoms with van der Waals surface area (Å²) >= 11 is 0. The topological polar surface area (TPSA) is 335 Å². The van der Waals surface area contributed by atoms with E-state index >= 15 is 0 Å². The number of hydrogen-bond donors (Lipinski definition) is 7. The Morgan fingerprint density at radius 3 is 1.03 bits per heavy atom. The van der Waals surface area contributed by atoms with Crippen LogP contribution in [0.15, 0.2) is 195 Å². The highest BCUT2D eigenvalue weighted by atomic mass is 16.5. The molecular weight excluding hydrogens is 1850 g/mol. The molecule has 18 aromatic rings. The van der Waals surface area contributed by atoms with Crippen LogP contribution in [0.1, 0.15) is 277 Å². The number of aryl methyl sites for hydroxylation is 10. The number of nitrogens with one attached hydrogen (secondary N) is 7. The number of fused-ring (bicyclic) bond motifs is 7. The summed E-state index contributed by atoms with van der Waals surface area (Å²) in [6, 6.07) is 45.8. The van der Waals surface area contributed by atoms with E-state index in [-0.39, 0.29) is 0 Å². The first-order valence-electron chi connectivity index (χ1n) is 53.6. The van der Waals surface area contributed by atoms with Crippen LogP contribution in [-0.4, -0.2) is 119 Å². The molecule has 25 heteroatoms. The highest BCUT2D eigenvalue weighted by Crippen LogP contribution is 2.55. The van der Waals surface area contributed by atoms with Crippen molar-refractivity contribution in [3.8, 4) is 77.9 Å². The third kappa shape index (κ3) is 16.9. The van der Waals surface area contributed by atoms with E-state index in [0.717, 1.165) is 280 Å². The summed E-state index contributed by atoms with van der Waals surface area (Å²) in [6.07, 6.45) is 25.1. The van der Waals surface area contributed by atoms with Crippen molar-refractivity contribution in [2.75, 3.05) is 26.2 Å². The van der Waals surface area contributed by atoms with Crippen molar-refractivity contribution >= 4 is 112 Å². The van der Waals surface area contributed by atoms with Gasteiger partial charge in [0, 0.05) is 160 Å². The van der Waals surface area contributed by atoms with E-state index in [0.29, 0.717) is 48.0 Å². The van der Waals surface area contributed by atoms with Gasteiger partial charge >= 0.3 is 0 Å². The molecule has 8 fully saturated rings. The van der Waals surface area contributed by atoms with E-state index in [9.17, 15) is 0 Å². The van der Waals surface area contributed by atoms with Gasteiger partial charge in [-0.15, -0.1) is 0 Å². The third-order valence-corrected chi connectivity index (χ3v) is 32.5. The Labute approximate surface area is 863 Å². The molecular formula is C124H120N20O5. The van der Waals surface area contributed by atoms with Crippen molar-refractivity contribution < 1.29 is 22.6 Å². The second-order valence-corrected chi connectivity index (χ2v) is 43.6. The maximum absolute atomic E-state index is 5.51. The molecule has 0 amide bonds. The Morgan fingerprint density at radius 1 is 0.295 bits per heavy atom.